The maximum absolute atomic E-state index is 5.76. The molecule has 0 fully saturated rings. The monoisotopic (exact) mass is 231 g/mol. The van der Waals surface area contributed by atoms with E-state index in [1.54, 1.807) is 24.3 Å². The molecule has 2 aromatic rings. The van der Waals surface area contributed by atoms with Crippen molar-refractivity contribution in [3.63, 3.8) is 0 Å². The highest BCUT2D eigenvalue weighted by atomic mass is 35.5. The molecular formula is C12H10ClN3. The lowest BCUT2D eigenvalue weighted by molar-refractivity contribution is 1.23. The van der Waals surface area contributed by atoms with Gasteiger partial charge < -0.3 is 5.73 Å². The molecule has 0 aliphatic rings. The van der Waals surface area contributed by atoms with Gasteiger partial charge in [0.05, 0.1) is 11.4 Å². The summed E-state index contributed by atoms with van der Waals surface area (Å²) in [5.74, 6) is 0. The van der Waals surface area contributed by atoms with Crippen LogP contribution in [0.3, 0.4) is 0 Å². The molecule has 4 heteroatoms. The number of halogens is 1. The van der Waals surface area contributed by atoms with Crippen LogP contribution in [-0.2, 0) is 0 Å². The summed E-state index contributed by atoms with van der Waals surface area (Å²) in [6, 6.07) is 14.4. The molecule has 0 amide bonds. The Morgan fingerprint density at radius 2 is 1.19 bits per heavy atom. The van der Waals surface area contributed by atoms with Crippen LogP contribution in [0, 0.1) is 0 Å². The van der Waals surface area contributed by atoms with E-state index in [-0.39, 0.29) is 0 Å². The van der Waals surface area contributed by atoms with Crippen LogP contribution in [0.15, 0.2) is 58.8 Å². The van der Waals surface area contributed by atoms with Gasteiger partial charge in [0.25, 0.3) is 0 Å². The second-order valence-corrected chi connectivity index (χ2v) is 3.70. The van der Waals surface area contributed by atoms with Crippen molar-refractivity contribution >= 4 is 28.7 Å². The number of nitrogen functional groups attached to an aromatic ring is 1. The van der Waals surface area contributed by atoms with E-state index < -0.39 is 0 Å². The van der Waals surface area contributed by atoms with Gasteiger partial charge in [-0.25, -0.2) is 0 Å². The van der Waals surface area contributed by atoms with Crippen LogP contribution in [0.4, 0.5) is 17.1 Å². The average Bonchev–Trinajstić information content (AvgIpc) is 2.30. The average molecular weight is 232 g/mol. The second-order valence-electron chi connectivity index (χ2n) is 3.27. The highest BCUT2D eigenvalue weighted by molar-refractivity contribution is 6.30. The molecule has 3 nitrogen and oxygen atoms in total. The van der Waals surface area contributed by atoms with Gasteiger partial charge in [-0.15, -0.1) is 0 Å². The predicted molar refractivity (Wildman–Crippen MR) is 66.5 cm³/mol. The van der Waals surface area contributed by atoms with Gasteiger partial charge in [-0.2, -0.15) is 10.2 Å². The Kier molecular flexibility index (Phi) is 3.17. The van der Waals surface area contributed by atoms with Crippen molar-refractivity contribution in [3.05, 3.63) is 53.6 Å². The molecule has 0 aromatic heterocycles. The number of hydrogen-bond acceptors (Lipinski definition) is 3. The molecule has 0 radical (unpaired) electrons. The van der Waals surface area contributed by atoms with Gasteiger partial charge in [-0.1, -0.05) is 11.6 Å². The first-order valence-corrected chi connectivity index (χ1v) is 5.15. The van der Waals surface area contributed by atoms with Crippen LogP contribution in [-0.4, -0.2) is 0 Å². The molecule has 0 unspecified atom stereocenters. The zero-order valence-corrected chi connectivity index (χ0v) is 9.22. The van der Waals surface area contributed by atoms with Crippen LogP contribution in [0.2, 0.25) is 5.02 Å². The third-order valence-electron chi connectivity index (χ3n) is 2.00. The number of nitrogens with zero attached hydrogens (tertiary/aromatic N) is 2. The van der Waals surface area contributed by atoms with Crippen LogP contribution in [0.1, 0.15) is 0 Å². The summed E-state index contributed by atoms with van der Waals surface area (Å²) in [6.07, 6.45) is 0. The lowest BCUT2D eigenvalue weighted by Crippen LogP contribution is -1.80. The largest absolute Gasteiger partial charge is 0.399 e. The minimum Gasteiger partial charge on any atom is -0.399 e. The van der Waals surface area contributed by atoms with Crippen LogP contribution < -0.4 is 5.73 Å². The van der Waals surface area contributed by atoms with Crippen molar-refractivity contribution in [2.45, 2.75) is 0 Å². The van der Waals surface area contributed by atoms with E-state index in [9.17, 15) is 0 Å². The molecule has 0 saturated carbocycles. The van der Waals surface area contributed by atoms with E-state index >= 15 is 0 Å². The SMILES string of the molecule is Nc1ccc(N=Nc2ccc(Cl)cc2)cc1. The fraction of sp³-hybridized carbons (Fsp3) is 0. The zero-order valence-electron chi connectivity index (χ0n) is 8.47. The highest BCUT2D eigenvalue weighted by Gasteiger charge is 1.91. The van der Waals surface area contributed by atoms with Crippen LogP contribution in [0.5, 0.6) is 0 Å². The van der Waals surface area contributed by atoms with Crippen LogP contribution in [0.25, 0.3) is 0 Å². The molecular weight excluding hydrogens is 222 g/mol. The van der Waals surface area contributed by atoms with Crippen molar-refractivity contribution < 1.29 is 0 Å². The van der Waals surface area contributed by atoms with Gasteiger partial charge in [0.15, 0.2) is 0 Å². The molecule has 0 atom stereocenters. The van der Waals surface area contributed by atoms with Gasteiger partial charge in [0.1, 0.15) is 0 Å². The third kappa shape index (κ3) is 2.81. The summed E-state index contributed by atoms with van der Waals surface area (Å²) < 4.78 is 0. The first-order valence-electron chi connectivity index (χ1n) is 4.77. The van der Waals surface area contributed by atoms with Crippen molar-refractivity contribution in [2.24, 2.45) is 10.2 Å². The lowest BCUT2D eigenvalue weighted by atomic mass is 10.3. The van der Waals surface area contributed by atoms with E-state index in [1.807, 2.05) is 24.3 Å². The van der Waals surface area contributed by atoms with E-state index in [1.165, 1.54) is 0 Å². The van der Waals surface area contributed by atoms with Crippen molar-refractivity contribution in [3.8, 4) is 0 Å². The zero-order chi connectivity index (χ0) is 11.4. The number of benzene rings is 2. The molecule has 80 valence electrons. The summed E-state index contributed by atoms with van der Waals surface area (Å²) in [6.45, 7) is 0. The Labute approximate surface area is 98.6 Å². The summed E-state index contributed by atoms with van der Waals surface area (Å²) in [5, 5.41) is 8.83. The van der Waals surface area contributed by atoms with Crippen molar-refractivity contribution in [1.29, 1.82) is 0 Å². The number of anilines is 1. The quantitative estimate of drug-likeness (QED) is 0.607. The third-order valence-corrected chi connectivity index (χ3v) is 2.25. The highest BCUT2D eigenvalue weighted by Crippen LogP contribution is 2.20. The van der Waals surface area contributed by atoms with Crippen molar-refractivity contribution in [2.75, 3.05) is 5.73 Å². The van der Waals surface area contributed by atoms with Crippen LogP contribution >= 0.6 is 11.6 Å². The molecule has 0 spiro atoms. The number of azo groups is 1. The molecule has 2 rings (SSSR count). The summed E-state index contributed by atoms with van der Waals surface area (Å²) in [4.78, 5) is 0. The predicted octanol–water partition coefficient (Wildman–Crippen LogP) is 4.34. The van der Waals surface area contributed by atoms with E-state index in [0.717, 1.165) is 11.4 Å². The molecule has 0 saturated heterocycles. The molecule has 0 bridgehead atoms. The molecule has 0 heterocycles. The minimum absolute atomic E-state index is 0.687. The standard InChI is InChI=1S/C12H10ClN3/c13-9-1-5-11(6-2-9)15-16-12-7-3-10(14)4-8-12/h1-8H,14H2. The van der Waals surface area contributed by atoms with Gasteiger partial charge >= 0.3 is 0 Å². The summed E-state index contributed by atoms with van der Waals surface area (Å²) in [5.41, 5.74) is 7.81. The minimum atomic E-state index is 0.687. The first kappa shape index (κ1) is 10.6. The van der Waals surface area contributed by atoms with E-state index in [0.29, 0.717) is 10.7 Å². The molecule has 0 aliphatic carbocycles. The smallest absolute Gasteiger partial charge is 0.0858 e. The molecule has 0 aliphatic heterocycles. The Morgan fingerprint density at radius 3 is 1.69 bits per heavy atom. The number of rotatable bonds is 2. The normalized spacial score (nSPS) is 10.8. The Balaban J connectivity index is 2.15. The maximum Gasteiger partial charge on any atom is 0.0858 e. The molecule has 2 aromatic carbocycles. The summed E-state index contributed by atoms with van der Waals surface area (Å²) >= 11 is 5.76. The van der Waals surface area contributed by atoms with Crippen molar-refractivity contribution in [1.82, 2.24) is 0 Å². The summed E-state index contributed by atoms with van der Waals surface area (Å²) in [7, 11) is 0. The first-order chi connectivity index (χ1) is 7.74. The lowest BCUT2D eigenvalue weighted by Gasteiger charge is -1.94. The fourth-order valence-corrected chi connectivity index (χ4v) is 1.29. The fourth-order valence-electron chi connectivity index (χ4n) is 1.16. The Morgan fingerprint density at radius 1 is 0.750 bits per heavy atom. The Bertz CT molecular complexity index is 441. The maximum atomic E-state index is 5.76. The van der Waals surface area contributed by atoms with E-state index in [2.05, 4.69) is 10.2 Å². The van der Waals surface area contributed by atoms with Gasteiger partial charge in [0, 0.05) is 10.7 Å². The number of hydrogen-bond donors (Lipinski definition) is 1. The van der Waals surface area contributed by atoms with Gasteiger partial charge in [-0.05, 0) is 48.5 Å². The Hall–Kier alpha value is -1.87. The molecule has 2 N–H and O–H groups in total. The van der Waals surface area contributed by atoms with Gasteiger partial charge in [-0.3, -0.25) is 0 Å². The number of nitrogens with two attached hydrogens (primary N) is 1. The van der Waals surface area contributed by atoms with E-state index in [4.69, 9.17) is 17.3 Å². The molecule has 16 heavy (non-hydrogen) atoms. The topological polar surface area (TPSA) is 50.7 Å². The second kappa shape index (κ2) is 4.77. The van der Waals surface area contributed by atoms with Gasteiger partial charge in [0.2, 0.25) is 0 Å².